The fourth-order valence-corrected chi connectivity index (χ4v) is 4.31. The Morgan fingerprint density at radius 3 is 2.25 bits per heavy atom. The van der Waals surface area contributed by atoms with Gasteiger partial charge in [0.25, 0.3) is 12.3 Å². The summed E-state index contributed by atoms with van der Waals surface area (Å²) in [6.07, 6.45) is -7.60. The average Bonchev–Trinajstić information content (AvgIpc) is 2.95. The molecule has 0 saturated heterocycles. The number of halogens is 8. The van der Waals surface area contributed by atoms with Gasteiger partial charge >= 0.3 is 6.18 Å². The lowest BCUT2D eigenvalue weighted by Crippen LogP contribution is -2.51. The van der Waals surface area contributed by atoms with Gasteiger partial charge in [0.1, 0.15) is 17.0 Å². The van der Waals surface area contributed by atoms with E-state index in [2.05, 4.69) is 9.97 Å². The van der Waals surface area contributed by atoms with Gasteiger partial charge in [-0.1, -0.05) is 0 Å². The Hall–Kier alpha value is -4.37. The molecule has 15 heteroatoms. The van der Waals surface area contributed by atoms with Crippen molar-refractivity contribution in [1.29, 1.82) is 0 Å². The molecule has 0 aliphatic heterocycles. The maximum Gasteiger partial charge on any atom is 0.424 e. The SMILES string of the molecule is COc1cc(C(=O)NCC(O)(c2cc(C(C)(C)O)c(F)c(-c3ccc(F)c(F)c3)n2)C(F)(F)F)cc2cc(C(F)F)cnc12. The highest BCUT2D eigenvalue weighted by molar-refractivity contribution is 6.00. The third-order valence-corrected chi connectivity index (χ3v) is 6.71. The van der Waals surface area contributed by atoms with Crippen molar-refractivity contribution in [2.24, 2.45) is 0 Å². The van der Waals surface area contributed by atoms with Crippen molar-refractivity contribution in [2.45, 2.75) is 37.7 Å². The molecule has 0 spiro atoms. The van der Waals surface area contributed by atoms with Crippen LogP contribution in [0.5, 0.6) is 5.75 Å². The van der Waals surface area contributed by atoms with Crippen LogP contribution < -0.4 is 10.1 Å². The molecular formula is C29H23F8N3O4. The molecule has 1 atom stereocenters. The summed E-state index contributed by atoms with van der Waals surface area (Å²) in [6.45, 7) is 0.451. The lowest BCUT2D eigenvalue weighted by Gasteiger charge is -2.32. The van der Waals surface area contributed by atoms with E-state index < -0.39 is 81.8 Å². The molecule has 0 aliphatic carbocycles. The number of carbonyl (C=O) groups is 1. The van der Waals surface area contributed by atoms with Gasteiger partial charge in [0.05, 0.1) is 24.9 Å². The van der Waals surface area contributed by atoms with Gasteiger partial charge < -0.3 is 20.3 Å². The molecule has 0 bridgehead atoms. The van der Waals surface area contributed by atoms with Gasteiger partial charge in [-0.3, -0.25) is 9.78 Å². The predicted octanol–water partition coefficient (Wildman–Crippen LogP) is 6.07. The molecule has 3 N–H and O–H groups in total. The summed E-state index contributed by atoms with van der Waals surface area (Å²) in [7, 11) is 1.19. The monoisotopic (exact) mass is 629 g/mol. The topological polar surface area (TPSA) is 105 Å². The van der Waals surface area contributed by atoms with E-state index in [0.29, 0.717) is 18.2 Å². The van der Waals surface area contributed by atoms with Gasteiger partial charge in [-0.15, -0.1) is 0 Å². The quantitative estimate of drug-likeness (QED) is 0.205. The van der Waals surface area contributed by atoms with Crippen molar-refractivity contribution in [3.63, 3.8) is 0 Å². The molecule has 1 amide bonds. The van der Waals surface area contributed by atoms with Crippen LogP contribution in [0.4, 0.5) is 35.1 Å². The van der Waals surface area contributed by atoms with Gasteiger partial charge in [0, 0.05) is 33.8 Å². The summed E-state index contributed by atoms with van der Waals surface area (Å²) in [5, 5.41) is 23.4. The highest BCUT2D eigenvalue weighted by atomic mass is 19.4. The smallest absolute Gasteiger partial charge is 0.424 e. The first-order valence-corrected chi connectivity index (χ1v) is 12.6. The summed E-state index contributed by atoms with van der Waals surface area (Å²) in [6, 6.07) is 5.49. The number of carbonyl (C=O) groups excluding carboxylic acids is 1. The van der Waals surface area contributed by atoms with Gasteiger partial charge in [-0.2, -0.15) is 13.2 Å². The zero-order valence-electron chi connectivity index (χ0n) is 23.0. The minimum absolute atomic E-state index is 0.00424. The van der Waals surface area contributed by atoms with Crippen LogP contribution in [-0.4, -0.2) is 45.9 Å². The van der Waals surface area contributed by atoms with E-state index in [1.54, 1.807) is 0 Å². The second-order valence-corrected chi connectivity index (χ2v) is 10.3. The summed E-state index contributed by atoms with van der Waals surface area (Å²) in [5.41, 5.74) is -10.5. The first kappa shape index (κ1) is 32.5. The van der Waals surface area contributed by atoms with Crippen molar-refractivity contribution < 1.29 is 54.9 Å². The minimum atomic E-state index is -5.58. The van der Waals surface area contributed by atoms with E-state index in [1.807, 2.05) is 5.32 Å². The lowest BCUT2D eigenvalue weighted by molar-refractivity contribution is -0.265. The number of nitrogens with one attached hydrogen (secondary N) is 1. The molecule has 4 rings (SSSR count). The van der Waals surface area contributed by atoms with Crippen LogP contribution in [0.3, 0.4) is 0 Å². The second kappa shape index (κ2) is 11.6. The number of amides is 1. The predicted molar refractivity (Wildman–Crippen MR) is 140 cm³/mol. The number of ether oxygens (including phenoxy) is 1. The Kier molecular flexibility index (Phi) is 8.59. The van der Waals surface area contributed by atoms with Crippen molar-refractivity contribution in [3.8, 4) is 17.0 Å². The van der Waals surface area contributed by atoms with Gasteiger partial charge in [-0.05, 0) is 56.3 Å². The van der Waals surface area contributed by atoms with Crippen LogP contribution >= 0.6 is 0 Å². The maximum absolute atomic E-state index is 15.4. The van der Waals surface area contributed by atoms with Gasteiger partial charge in [0.2, 0.25) is 5.60 Å². The van der Waals surface area contributed by atoms with Crippen LogP contribution in [0.2, 0.25) is 0 Å². The van der Waals surface area contributed by atoms with Crippen LogP contribution in [0, 0.1) is 17.5 Å². The van der Waals surface area contributed by atoms with Crippen LogP contribution in [0.1, 0.15) is 47.5 Å². The second-order valence-electron chi connectivity index (χ2n) is 10.3. The summed E-state index contributed by atoms with van der Waals surface area (Å²) >= 11 is 0. The number of pyridine rings is 2. The first-order valence-electron chi connectivity index (χ1n) is 12.6. The summed E-state index contributed by atoms with van der Waals surface area (Å²) < 4.78 is 118. The Bertz CT molecular complexity index is 1740. The fraction of sp³-hybridized carbons (Fsp3) is 0.276. The molecular weight excluding hydrogens is 606 g/mol. The van der Waals surface area contributed by atoms with Gasteiger partial charge in [0.15, 0.2) is 17.5 Å². The Labute approximate surface area is 244 Å². The van der Waals surface area contributed by atoms with E-state index in [-0.39, 0.29) is 22.2 Å². The van der Waals surface area contributed by atoms with Crippen molar-refractivity contribution in [1.82, 2.24) is 15.3 Å². The molecule has 234 valence electrons. The molecule has 2 aromatic carbocycles. The summed E-state index contributed by atoms with van der Waals surface area (Å²) in [5.74, 6) is -5.46. The zero-order chi connectivity index (χ0) is 32.8. The molecule has 0 saturated carbocycles. The number of hydrogen-bond acceptors (Lipinski definition) is 6. The van der Waals surface area contributed by atoms with Crippen molar-refractivity contribution >= 4 is 16.8 Å². The van der Waals surface area contributed by atoms with E-state index in [4.69, 9.17) is 4.74 Å². The fourth-order valence-electron chi connectivity index (χ4n) is 4.31. The van der Waals surface area contributed by atoms with Gasteiger partial charge in [-0.25, -0.2) is 26.9 Å². The Balaban J connectivity index is 1.80. The molecule has 0 fully saturated rings. The standard InChI is InChI=1S/C29H23F8N3O4/c1-27(2,42)17-10-21(40-24(22(17)32)13-4-5-18(30)19(31)8-13)28(43,29(35,36)37)12-39-26(41)15-6-14-7-16(25(33)34)11-38-23(14)20(9-15)44-3/h4-11,25,42-43H,12H2,1-3H3,(H,39,41). The zero-order valence-corrected chi connectivity index (χ0v) is 23.0. The van der Waals surface area contributed by atoms with Crippen LogP contribution in [0.25, 0.3) is 22.2 Å². The minimum Gasteiger partial charge on any atom is -0.494 e. The maximum atomic E-state index is 15.4. The largest absolute Gasteiger partial charge is 0.494 e. The number of hydrogen-bond donors (Lipinski definition) is 3. The Morgan fingerprint density at radius 2 is 1.68 bits per heavy atom. The van der Waals surface area contributed by atoms with Crippen LogP contribution in [0.15, 0.2) is 48.7 Å². The molecule has 1 unspecified atom stereocenters. The Morgan fingerprint density at radius 1 is 1.00 bits per heavy atom. The molecule has 2 heterocycles. The molecule has 7 nitrogen and oxygen atoms in total. The number of methoxy groups -OCH3 is 1. The summed E-state index contributed by atoms with van der Waals surface area (Å²) in [4.78, 5) is 20.5. The molecule has 4 aromatic rings. The lowest BCUT2D eigenvalue weighted by atomic mass is 9.90. The normalized spacial score (nSPS) is 13.7. The number of nitrogens with zero attached hydrogens (tertiary/aromatic N) is 2. The third kappa shape index (κ3) is 6.15. The van der Waals surface area contributed by atoms with Crippen molar-refractivity contribution in [2.75, 3.05) is 13.7 Å². The molecule has 2 aromatic heterocycles. The number of fused-ring (bicyclic) bond motifs is 1. The average molecular weight is 630 g/mol. The van der Waals surface area contributed by atoms with E-state index >= 15 is 4.39 Å². The highest BCUT2D eigenvalue weighted by Crippen LogP contribution is 2.41. The van der Waals surface area contributed by atoms with E-state index in [9.17, 15) is 45.7 Å². The van der Waals surface area contributed by atoms with E-state index in [1.165, 1.54) is 7.11 Å². The highest BCUT2D eigenvalue weighted by Gasteiger charge is 2.57. The third-order valence-electron chi connectivity index (χ3n) is 6.71. The number of aliphatic hydroxyl groups is 2. The number of aromatic nitrogens is 2. The van der Waals surface area contributed by atoms with Crippen molar-refractivity contribution in [3.05, 3.63) is 88.5 Å². The van der Waals surface area contributed by atoms with Crippen LogP contribution in [-0.2, 0) is 11.2 Å². The number of rotatable bonds is 8. The van der Waals surface area contributed by atoms with E-state index in [0.717, 1.165) is 44.3 Å². The molecule has 44 heavy (non-hydrogen) atoms. The number of alkyl halides is 5. The first-order chi connectivity index (χ1) is 20.4. The molecule has 0 aliphatic rings. The molecule has 0 radical (unpaired) electrons. The number of benzene rings is 2.